The number of aromatic nitrogens is 4. The zero-order valence-electron chi connectivity index (χ0n) is 20.0. The minimum absolute atomic E-state index is 0.198. The van der Waals surface area contributed by atoms with Crippen molar-refractivity contribution in [2.24, 2.45) is 11.3 Å². The van der Waals surface area contributed by atoms with Crippen LogP contribution in [0.15, 0.2) is 24.8 Å². The quantitative estimate of drug-likeness (QED) is 0.456. The molecule has 5 rings (SSSR count). The normalized spacial score (nSPS) is 19.6. The second-order valence-electron chi connectivity index (χ2n) is 10.5. The molecule has 0 bridgehead atoms. The zero-order valence-corrected chi connectivity index (χ0v) is 20.8. The van der Waals surface area contributed by atoms with Gasteiger partial charge in [-0.25, -0.2) is 9.97 Å². The van der Waals surface area contributed by atoms with E-state index in [2.05, 4.69) is 58.8 Å². The van der Waals surface area contributed by atoms with E-state index in [0.29, 0.717) is 22.8 Å². The molecule has 2 fully saturated rings. The molecule has 2 aliphatic rings. The molecule has 1 unspecified atom stereocenters. The molecule has 0 N–H and O–H groups in total. The molecular formula is C24H31F3N6S. The standard InChI is InChI=1S/C24H31F3N6S/c1-15(2)20(17-9-30-33(10-17)16(3)4)32-12-23(13-32)5-6-31(11-23)21-19-7-18(8-24(25,26)27)34-22(19)29-14-28-21/h7,9-10,14-16,20H,5-6,8,11-13H2,1-4H3. The molecule has 184 valence electrons. The SMILES string of the molecule is CC(C)C(c1cnn(C(C)C)c1)N1CC2(CCN(c3ncnc4sc(CC(F)(F)F)cc34)C2)C1. The first-order chi connectivity index (χ1) is 16.0. The van der Waals surface area contributed by atoms with Crippen molar-refractivity contribution < 1.29 is 13.2 Å². The smallest absolute Gasteiger partial charge is 0.355 e. The highest BCUT2D eigenvalue weighted by atomic mass is 32.1. The largest absolute Gasteiger partial charge is 0.393 e. The molecule has 6 nitrogen and oxygen atoms in total. The minimum atomic E-state index is -4.22. The Balaban J connectivity index is 1.30. The second kappa shape index (κ2) is 8.48. The molecule has 1 atom stereocenters. The maximum atomic E-state index is 12.9. The minimum Gasteiger partial charge on any atom is -0.355 e. The van der Waals surface area contributed by atoms with Gasteiger partial charge in [-0.05, 0) is 32.3 Å². The van der Waals surface area contributed by atoms with Crippen molar-refractivity contribution in [2.45, 2.75) is 58.8 Å². The van der Waals surface area contributed by atoms with E-state index < -0.39 is 12.6 Å². The summed E-state index contributed by atoms with van der Waals surface area (Å²) in [6.07, 6.45) is 1.57. The van der Waals surface area contributed by atoms with Gasteiger partial charge in [-0.2, -0.15) is 18.3 Å². The van der Waals surface area contributed by atoms with E-state index in [0.717, 1.165) is 55.1 Å². The van der Waals surface area contributed by atoms with E-state index in [1.807, 2.05) is 10.9 Å². The van der Waals surface area contributed by atoms with Gasteiger partial charge in [0.2, 0.25) is 0 Å². The molecule has 10 heteroatoms. The molecule has 0 radical (unpaired) electrons. The lowest BCUT2D eigenvalue weighted by Crippen LogP contribution is -2.59. The summed E-state index contributed by atoms with van der Waals surface area (Å²) in [5, 5.41) is 5.29. The average molecular weight is 493 g/mol. The Hall–Kier alpha value is -2.20. The van der Waals surface area contributed by atoms with E-state index in [-0.39, 0.29) is 10.3 Å². The summed E-state index contributed by atoms with van der Waals surface area (Å²) >= 11 is 1.11. The first-order valence-electron chi connectivity index (χ1n) is 11.9. The van der Waals surface area contributed by atoms with Crippen molar-refractivity contribution in [3.8, 4) is 0 Å². The molecule has 34 heavy (non-hydrogen) atoms. The summed E-state index contributed by atoms with van der Waals surface area (Å²) in [4.78, 5) is 14.4. The number of fused-ring (bicyclic) bond motifs is 1. The highest BCUT2D eigenvalue weighted by Gasteiger charge is 2.50. The van der Waals surface area contributed by atoms with Crippen LogP contribution in [0.4, 0.5) is 19.0 Å². The molecule has 0 amide bonds. The number of thiophene rings is 1. The third-order valence-corrected chi connectivity index (χ3v) is 8.11. The first kappa shape index (κ1) is 23.5. The van der Waals surface area contributed by atoms with Crippen LogP contribution >= 0.6 is 11.3 Å². The fourth-order valence-corrected chi connectivity index (χ4v) is 6.64. The van der Waals surface area contributed by atoms with Gasteiger partial charge in [-0.1, -0.05) is 13.8 Å². The van der Waals surface area contributed by atoms with Crippen molar-refractivity contribution in [1.82, 2.24) is 24.6 Å². The van der Waals surface area contributed by atoms with Crippen molar-refractivity contribution in [2.75, 3.05) is 31.1 Å². The summed E-state index contributed by atoms with van der Waals surface area (Å²) < 4.78 is 40.7. The Morgan fingerprint density at radius 3 is 2.53 bits per heavy atom. The van der Waals surface area contributed by atoms with E-state index >= 15 is 0 Å². The Morgan fingerprint density at radius 1 is 1.12 bits per heavy atom. The maximum absolute atomic E-state index is 12.9. The zero-order chi connectivity index (χ0) is 24.3. The highest BCUT2D eigenvalue weighted by Crippen LogP contribution is 2.47. The monoisotopic (exact) mass is 492 g/mol. The number of hydrogen-bond acceptors (Lipinski definition) is 6. The first-order valence-corrected chi connectivity index (χ1v) is 12.7. The van der Waals surface area contributed by atoms with Crippen molar-refractivity contribution in [3.05, 3.63) is 35.2 Å². The number of halogens is 3. The molecule has 2 aliphatic heterocycles. The lowest BCUT2D eigenvalue weighted by molar-refractivity contribution is -0.126. The number of hydrogen-bond donors (Lipinski definition) is 0. The Kier molecular flexibility index (Phi) is 5.87. The molecule has 0 aromatic carbocycles. The molecule has 2 saturated heterocycles. The lowest BCUT2D eigenvalue weighted by Gasteiger charge is -2.52. The Labute approximate surface area is 201 Å². The van der Waals surface area contributed by atoms with Crippen LogP contribution in [-0.2, 0) is 6.42 Å². The Morgan fingerprint density at radius 2 is 1.88 bits per heavy atom. The van der Waals surface area contributed by atoms with Crippen LogP contribution in [0.1, 0.15) is 56.6 Å². The summed E-state index contributed by atoms with van der Waals surface area (Å²) in [5.74, 6) is 1.24. The average Bonchev–Trinajstić information content (AvgIpc) is 3.43. The van der Waals surface area contributed by atoms with Gasteiger partial charge in [0.05, 0.1) is 18.0 Å². The second-order valence-corrected chi connectivity index (χ2v) is 11.6. The van der Waals surface area contributed by atoms with Gasteiger partial charge in [0.15, 0.2) is 0 Å². The fourth-order valence-electron chi connectivity index (χ4n) is 5.62. The van der Waals surface area contributed by atoms with E-state index in [1.165, 1.54) is 11.9 Å². The third-order valence-electron chi connectivity index (χ3n) is 7.07. The summed E-state index contributed by atoms with van der Waals surface area (Å²) in [7, 11) is 0. The van der Waals surface area contributed by atoms with Gasteiger partial charge in [0, 0.05) is 60.3 Å². The van der Waals surface area contributed by atoms with Crippen LogP contribution in [0.3, 0.4) is 0 Å². The van der Waals surface area contributed by atoms with Crippen LogP contribution < -0.4 is 4.90 Å². The van der Waals surface area contributed by atoms with Crippen LogP contribution in [-0.4, -0.2) is 57.0 Å². The molecule has 3 aromatic heterocycles. The maximum Gasteiger partial charge on any atom is 0.393 e. The number of anilines is 1. The van der Waals surface area contributed by atoms with Crippen molar-refractivity contribution in [3.63, 3.8) is 0 Å². The highest BCUT2D eigenvalue weighted by molar-refractivity contribution is 7.18. The number of alkyl halides is 3. The summed E-state index contributed by atoms with van der Waals surface area (Å²) in [5.41, 5.74) is 1.46. The predicted molar refractivity (Wildman–Crippen MR) is 128 cm³/mol. The van der Waals surface area contributed by atoms with E-state index in [1.54, 1.807) is 6.07 Å². The summed E-state index contributed by atoms with van der Waals surface area (Å²) in [6, 6.07) is 2.30. The van der Waals surface area contributed by atoms with Gasteiger partial charge in [-0.15, -0.1) is 11.3 Å². The molecule has 0 aliphatic carbocycles. The van der Waals surface area contributed by atoms with Gasteiger partial charge in [-0.3, -0.25) is 9.58 Å². The molecule has 3 aromatic rings. The predicted octanol–water partition coefficient (Wildman–Crippen LogP) is 5.48. The van der Waals surface area contributed by atoms with Crippen LogP contribution in [0.5, 0.6) is 0 Å². The van der Waals surface area contributed by atoms with Gasteiger partial charge in [0.1, 0.15) is 17.0 Å². The molecule has 5 heterocycles. The Bertz CT molecular complexity index is 1160. The van der Waals surface area contributed by atoms with Gasteiger partial charge < -0.3 is 4.90 Å². The summed E-state index contributed by atoms with van der Waals surface area (Å²) in [6.45, 7) is 12.5. The topological polar surface area (TPSA) is 50.1 Å². The third kappa shape index (κ3) is 4.42. The van der Waals surface area contributed by atoms with Crippen LogP contribution in [0.2, 0.25) is 0 Å². The number of nitrogens with zero attached hydrogens (tertiary/aromatic N) is 6. The lowest BCUT2D eigenvalue weighted by atomic mass is 9.76. The molecule has 0 saturated carbocycles. The van der Waals surface area contributed by atoms with Crippen LogP contribution in [0.25, 0.3) is 10.2 Å². The fraction of sp³-hybridized carbons (Fsp3) is 0.625. The number of rotatable bonds is 6. The molecule has 1 spiro atoms. The van der Waals surface area contributed by atoms with Crippen LogP contribution in [0, 0.1) is 11.3 Å². The van der Waals surface area contributed by atoms with Gasteiger partial charge in [0.25, 0.3) is 0 Å². The van der Waals surface area contributed by atoms with E-state index in [4.69, 9.17) is 0 Å². The van der Waals surface area contributed by atoms with Crippen molar-refractivity contribution in [1.29, 1.82) is 0 Å². The van der Waals surface area contributed by atoms with E-state index in [9.17, 15) is 13.2 Å². The number of likely N-dealkylation sites (tertiary alicyclic amines) is 1. The van der Waals surface area contributed by atoms with Crippen molar-refractivity contribution >= 4 is 27.4 Å². The van der Waals surface area contributed by atoms with Gasteiger partial charge >= 0.3 is 6.18 Å². The molecular weight excluding hydrogens is 461 g/mol.